The van der Waals surface area contributed by atoms with Crippen LogP contribution in [0.3, 0.4) is 0 Å². The fourth-order valence-electron chi connectivity index (χ4n) is 2.42. The first-order valence-corrected chi connectivity index (χ1v) is 11.7. The fraction of sp³-hybridized carbons (Fsp3) is 0.419. The molecule has 0 aromatic heterocycles. The number of rotatable bonds is 0. The minimum Gasteiger partial charge on any atom is -0.0683 e. The normalized spacial score (nSPS) is 8.77. The fourth-order valence-corrected chi connectivity index (χ4v) is 2.42. The molecule has 0 saturated carbocycles. The standard InChI is InChI=1S/2C9H12.C8H10.C3H8.C2H6/c2*1-7-4-5-8(2)9(3)6-7;1-7-3-5-8(2)6-4-7;1-3-2;1-2/h2*4-6H,1-3H3;3-6H,1-2H3;3H2,1-2H3;1-2H3. The lowest BCUT2D eigenvalue weighted by Gasteiger charge is -1.98. The predicted octanol–water partition coefficient (Wildman–Crippen LogP) is 9.97. The van der Waals surface area contributed by atoms with E-state index in [-0.39, 0.29) is 0 Å². The molecule has 0 spiro atoms. The van der Waals surface area contributed by atoms with Crippen LogP contribution in [0.1, 0.15) is 78.6 Å². The van der Waals surface area contributed by atoms with Crippen LogP contribution in [-0.2, 0) is 0 Å². The molecule has 172 valence electrons. The topological polar surface area (TPSA) is 0 Å². The van der Waals surface area contributed by atoms with Crippen LogP contribution in [0.4, 0.5) is 0 Å². The molecule has 0 radical (unpaired) electrons. The summed E-state index contributed by atoms with van der Waals surface area (Å²) in [4.78, 5) is 0. The maximum Gasteiger partial charge on any atom is -0.0395 e. The van der Waals surface area contributed by atoms with Crippen molar-refractivity contribution in [2.24, 2.45) is 0 Å². The number of benzene rings is 3. The van der Waals surface area contributed by atoms with Gasteiger partial charge in [-0.1, -0.05) is 117 Å². The van der Waals surface area contributed by atoms with Crippen molar-refractivity contribution in [3.05, 3.63) is 105 Å². The molecule has 0 heterocycles. The van der Waals surface area contributed by atoms with Gasteiger partial charge in [-0.15, -0.1) is 0 Å². The van der Waals surface area contributed by atoms with E-state index in [1.54, 1.807) is 0 Å². The van der Waals surface area contributed by atoms with Gasteiger partial charge < -0.3 is 0 Å². The molecule has 0 aliphatic rings. The number of hydrogen-bond acceptors (Lipinski definition) is 0. The monoisotopic (exact) mass is 420 g/mol. The molecule has 0 fully saturated rings. The highest BCUT2D eigenvalue weighted by Crippen LogP contribution is 2.08. The Labute approximate surface area is 194 Å². The van der Waals surface area contributed by atoms with Crippen LogP contribution in [0, 0.1) is 55.4 Å². The highest BCUT2D eigenvalue weighted by atomic mass is 14.0. The molecular weight excluding hydrogens is 372 g/mol. The Balaban J connectivity index is 0. The third-order valence-corrected chi connectivity index (χ3v) is 4.54. The van der Waals surface area contributed by atoms with E-state index < -0.39 is 0 Å². The first-order valence-electron chi connectivity index (χ1n) is 11.7. The molecule has 0 N–H and O–H groups in total. The smallest absolute Gasteiger partial charge is 0.0395 e. The van der Waals surface area contributed by atoms with Crippen molar-refractivity contribution >= 4 is 0 Å². The van der Waals surface area contributed by atoms with Crippen LogP contribution >= 0.6 is 0 Å². The molecule has 3 aromatic carbocycles. The SMILES string of the molecule is CC.CCC.Cc1ccc(C)c(C)c1.Cc1ccc(C)c(C)c1.Cc1ccc(C)cc1. The quantitative estimate of drug-likeness (QED) is 0.339. The molecule has 0 aliphatic heterocycles. The van der Waals surface area contributed by atoms with Gasteiger partial charge in [0.25, 0.3) is 0 Å². The molecule has 3 aromatic rings. The summed E-state index contributed by atoms with van der Waals surface area (Å²) in [6.07, 6.45) is 1.25. The Morgan fingerprint density at radius 2 is 0.613 bits per heavy atom. The van der Waals surface area contributed by atoms with Gasteiger partial charge in [0, 0.05) is 0 Å². The molecule has 0 saturated heterocycles. The van der Waals surface area contributed by atoms with E-state index in [2.05, 4.69) is 130 Å². The molecule has 0 amide bonds. The Morgan fingerprint density at radius 3 is 0.806 bits per heavy atom. The zero-order valence-corrected chi connectivity index (χ0v) is 22.5. The van der Waals surface area contributed by atoms with E-state index in [1.165, 1.54) is 50.9 Å². The predicted molar refractivity (Wildman–Crippen MR) is 145 cm³/mol. The minimum absolute atomic E-state index is 1.25. The van der Waals surface area contributed by atoms with Crippen molar-refractivity contribution in [3.63, 3.8) is 0 Å². The van der Waals surface area contributed by atoms with Crippen LogP contribution in [0.2, 0.25) is 0 Å². The lowest BCUT2D eigenvalue weighted by molar-refractivity contribution is 1.09. The molecule has 0 aliphatic carbocycles. The molecule has 3 rings (SSSR count). The van der Waals surface area contributed by atoms with E-state index in [0.717, 1.165) is 0 Å². The zero-order valence-electron chi connectivity index (χ0n) is 22.5. The van der Waals surface area contributed by atoms with Gasteiger partial charge in [0.2, 0.25) is 0 Å². The van der Waals surface area contributed by atoms with E-state index in [9.17, 15) is 0 Å². The number of hydrogen-bond donors (Lipinski definition) is 0. The largest absolute Gasteiger partial charge is 0.0683 e. The second kappa shape index (κ2) is 18.4. The second-order valence-electron chi connectivity index (χ2n) is 8.04. The van der Waals surface area contributed by atoms with Gasteiger partial charge in [0.1, 0.15) is 0 Å². The van der Waals surface area contributed by atoms with E-state index >= 15 is 0 Å². The van der Waals surface area contributed by atoms with Crippen molar-refractivity contribution in [2.75, 3.05) is 0 Å². The van der Waals surface area contributed by atoms with Crippen molar-refractivity contribution in [3.8, 4) is 0 Å². The van der Waals surface area contributed by atoms with Gasteiger partial charge in [-0.2, -0.15) is 0 Å². The number of aryl methyl sites for hydroxylation is 8. The maximum absolute atomic E-state index is 2.20. The molecule has 0 bridgehead atoms. The van der Waals surface area contributed by atoms with Gasteiger partial charge in [-0.25, -0.2) is 0 Å². The summed E-state index contributed by atoms with van der Waals surface area (Å²) in [6, 6.07) is 21.5. The summed E-state index contributed by atoms with van der Waals surface area (Å²) in [5, 5.41) is 0. The van der Waals surface area contributed by atoms with Crippen molar-refractivity contribution in [2.45, 2.75) is 89.5 Å². The molecule has 0 nitrogen and oxygen atoms in total. The van der Waals surface area contributed by atoms with Gasteiger partial charge in [0.05, 0.1) is 0 Å². The summed E-state index contributed by atoms with van der Waals surface area (Å²) in [5.41, 5.74) is 10.9. The average molecular weight is 421 g/mol. The summed E-state index contributed by atoms with van der Waals surface area (Å²) < 4.78 is 0. The molecular formula is C31H48. The summed E-state index contributed by atoms with van der Waals surface area (Å²) in [5.74, 6) is 0. The van der Waals surface area contributed by atoms with E-state index in [4.69, 9.17) is 0 Å². The molecule has 0 heteroatoms. The van der Waals surface area contributed by atoms with Gasteiger partial charge in [0.15, 0.2) is 0 Å². The Hall–Kier alpha value is -2.34. The van der Waals surface area contributed by atoms with Crippen molar-refractivity contribution in [1.82, 2.24) is 0 Å². The molecule has 0 unspecified atom stereocenters. The maximum atomic E-state index is 2.20. The third-order valence-electron chi connectivity index (χ3n) is 4.54. The lowest BCUT2D eigenvalue weighted by atomic mass is 10.1. The van der Waals surface area contributed by atoms with Crippen molar-refractivity contribution < 1.29 is 0 Å². The van der Waals surface area contributed by atoms with Crippen LogP contribution in [-0.4, -0.2) is 0 Å². The van der Waals surface area contributed by atoms with Gasteiger partial charge in [-0.05, 0) is 77.6 Å². The summed E-state index contributed by atoms with van der Waals surface area (Å²) in [6.45, 7) is 25.2. The van der Waals surface area contributed by atoms with Crippen molar-refractivity contribution in [1.29, 1.82) is 0 Å². The first kappa shape index (κ1) is 30.9. The van der Waals surface area contributed by atoms with Crippen LogP contribution in [0.5, 0.6) is 0 Å². The lowest BCUT2D eigenvalue weighted by Crippen LogP contribution is -1.79. The highest BCUT2D eigenvalue weighted by Gasteiger charge is 1.89. The summed E-state index contributed by atoms with van der Waals surface area (Å²) >= 11 is 0. The van der Waals surface area contributed by atoms with Crippen LogP contribution in [0.15, 0.2) is 60.7 Å². The Morgan fingerprint density at radius 1 is 0.387 bits per heavy atom. The third kappa shape index (κ3) is 16.1. The van der Waals surface area contributed by atoms with Gasteiger partial charge in [-0.3, -0.25) is 0 Å². The molecule has 0 atom stereocenters. The first-order chi connectivity index (χ1) is 14.6. The summed E-state index contributed by atoms with van der Waals surface area (Å²) in [7, 11) is 0. The van der Waals surface area contributed by atoms with Gasteiger partial charge >= 0.3 is 0 Å². The molecule has 31 heavy (non-hydrogen) atoms. The van der Waals surface area contributed by atoms with E-state index in [0.29, 0.717) is 0 Å². The van der Waals surface area contributed by atoms with Crippen LogP contribution in [0.25, 0.3) is 0 Å². The average Bonchev–Trinajstić information content (AvgIpc) is 2.73. The minimum atomic E-state index is 1.25. The Bertz CT molecular complexity index is 753. The highest BCUT2D eigenvalue weighted by molar-refractivity contribution is 5.29. The second-order valence-corrected chi connectivity index (χ2v) is 8.04. The van der Waals surface area contributed by atoms with Crippen LogP contribution < -0.4 is 0 Å². The van der Waals surface area contributed by atoms with E-state index in [1.807, 2.05) is 13.8 Å². The Kier molecular flexibility index (Phi) is 18.3. The zero-order chi connectivity index (χ0) is 24.4.